The second-order valence-corrected chi connectivity index (χ2v) is 8.85. The molecule has 0 amide bonds. The molecule has 0 saturated carbocycles. The Morgan fingerprint density at radius 1 is 1.09 bits per heavy atom. The Balaban J connectivity index is 0. The van der Waals surface area contributed by atoms with Crippen molar-refractivity contribution in [1.82, 2.24) is 4.98 Å². The lowest BCUT2D eigenvalue weighted by Crippen LogP contribution is -2.01. The van der Waals surface area contributed by atoms with Crippen molar-refractivity contribution >= 4 is 22.7 Å². The molecule has 0 N–H and O–H groups in total. The fraction of sp³-hybridized carbons (Fsp3) is 0.516. The Labute approximate surface area is 220 Å². The zero-order valence-corrected chi connectivity index (χ0v) is 24.4. The molecular formula is C31H49ClFNO. The zero-order valence-electron chi connectivity index (χ0n) is 23.6. The molecule has 0 radical (unpaired) electrons. The van der Waals surface area contributed by atoms with Gasteiger partial charge >= 0.3 is 0 Å². The number of rotatable bonds is 9. The van der Waals surface area contributed by atoms with E-state index in [-0.39, 0.29) is 0 Å². The Morgan fingerprint density at radius 2 is 1.69 bits per heavy atom. The Kier molecular flexibility index (Phi) is 22.4. The quantitative estimate of drug-likeness (QED) is 0.338. The number of ether oxygens (including phenoxy) is 1. The minimum absolute atomic E-state index is 0.549. The fourth-order valence-corrected chi connectivity index (χ4v) is 3.18. The van der Waals surface area contributed by atoms with Crippen LogP contribution < -0.4 is 4.74 Å². The molecule has 1 aromatic carbocycles. The molecule has 2 aromatic rings. The number of aromatic nitrogens is 1. The van der Waals surface area contributed by atoms with Gasteiger partial charge in [-0.05, 0) is 69.2 Å². The van der Waals surface area contributed by atoms with Crippen LogP contribution in [-0.4, -0.2) is 18.3 Å². The standard InChI is InChI=1S/C12H14ClN.C9H19F.C8H10O.C2H6/c1-4-6-12(13)11-7-10(5-2)8-14-9(11)3;1-4-5-9(10)7-6-8(2)3;1-7-3-5-8(9-2)6-4-7;1-2/h5-8H,2,4H2,1,3H3;8-9H,4-7H2,1-3H3;3-6H,1-2H3;1-2H3/b12-6+;;;. The maximum atomic E-state index is 12.8. The number of nitrogens with zero attached hydrogens (tertiary/aromatic N) is 1. The van der Waals surface area contributed by atoms with Gasteiger partial charge in [0.15, 0.2) is 0 Å². The molecule has 0 fully saturated rings. The van der Waals surface area contributed by atoms with Crippen LogP contribution in [0.3, 0.4) is 0 Å². The number of hydrogen-bond acceptors (Lipinski definition) is 2. The van der Waals surface area contributed by atoms with Gasteiger partial charge < -0.3 is 4.74 Å². The van der Waals surface area contributed by atoms with Crippen LogP contribution in [0.4, 0.5) is 4.39 Å². The van der Waals surface area contributed by atoms with Crippen LogP contribution in [-0.2, 0) is 0 Å². The summed E-state index contributed by atoms with van der Waals surface area (Å²) < 4.78 is 17.7. The van der Waals surface area contributed by atoms with Crippen molar-refractivity contribution in [2.75, 3.05) is 7.11 Å². The first kappa shape index (κ1) is 35.0. The highest BCUT2D eigenvalue weighted by Gasteiger charge is 2.05. The van der Waals surface area contributed by atoms with Crippen LogP contribution >= 0.6 is 11.6 Å². The first-order valence-corrected chi connectivity index (χ1v) is 13.3. The van der Waals surface area contributed by atoms with Crippen LogP contribution in [0.5, 0.6) is 5.75 Å². The molecule has 0 aliphatic carbocycles. The molecule has 198 valence electrons. The summed E-state index contributed by atoms with van der Waals surface area (Å²) in [5, 5.41) is 0.765. The van der Waals surface area contributed by atoms with Gasteiger partial charge in [0.25, 0.3) is 0 Å². The van der Waals surface area contributed by atoms with Crippen molar-refractivity contribution in [3.05, 3.63) is 71.6 Å². The van der Waals surface area contributed by atoms with Gasteiger partial charge in [0.1, 0.15) is 11.9 Å². The second-order valence-electron chi connectivity index (χ2n) is 8.44. The molecule has 1 aromatic heterocycles. The summed E-state index contributed by atoms with van der Waals surface area (Å²) >= 11 is 6.13. The number of alkyl halides is 1. The fourth-order valence-electron chi connectivity index (χ4n) is 2.84. The van der Waals surface area contributed by atoms with Crippen LogP contribution in [0, 0.1) is 19.8 Å². The van der Waals surface area contributed by atoms with Crippen LogP contribution in [0.15, 0.2) is 49.2 Å². The summed E-state index contributed by atoms with van der Waals surface area (Å²) in [7, 11) is 1.67. The second kappa shape index (κ2) is 22.3. The number of halogens is 2. The third-order valence-electron chi connectivity index (χ3n) is 4.90. The average Bonchev–Trinajstić information content (AvgIpc) is 2.86. The number of allylic oxidation sites excluding steroid dienone is 1. The van der Waals surface area contributed by atoms with E-state index in [1.165, 1.54) is 5.56 Å². The first-order chi connectivity index (χ1) is 16.7. The maximum Gasteiger partial charge on any atom is 0.118 e. The van der Waals surface area contributed by atoms with Gasteiger partial charge in [-0.25, -0.2) is 4.39 Å². The topological polar surface area (TPSA) is 22.1 Å². The van der Waals surface area contributed by atoms with E-state index in [0.29, 0.717) is 5.92 Å². The van der Waals surface area contributed by atoms with Crippen molar-refractivity contribution < 1.29 is 9.13 Å². The third-order valence-corrected chi connectivity index (χ3v) is 5.26. The normalized spacial score (nSPS) is 11.1. The molecule has 2 rings (SSSR count). The highest BCUT2D eigenvalue weighted by atomic mass is 35.5. The van der Waals surface area contributed by atoms with Gasteiger partial charge in [-0.2, -0.15) is 0 Å². The van der Waals surface area contributed by atoms with E-state index >= 15 is 0 Å². The van der Waals surface area contributed by atoms with Gasteiger partial charge in [0.2, 0.25) is 0 Å². The molecule has 2 nitrogen and oxygen atoms in total. The summed E-state index contributed by atoms with van der Waals surface area (Å²) in [5.41, 5.74) is 4.19. The minimum Gasteiger partial charge on any atom is -0.497 e. The monoisotopic (exact) mass is 505 g/mol. The van der Waals surface area contributed by atoms with E-state index in [1.54, 1.807) is 19.4 Å². The molecule has 0 aliphatic rings. The predicted molar refractivity (Wildman–Crippen MR) is 156 cm³/mol. The first-order valence-electron chi connectivity index (χ1n) is 12.9. The van der Waals surface area contributed by atoms with Gasteiger partial charge in [-0.15, -0.1) is 0 Å². The minimum atomic E-state index is -0.549. The number of methoxy groups -OCH3 is 1. The van der Waals surface area contributed by atoms with Gasteiger partial charge in [-0.3, -0.25) is 4.98 Å². The van der Waals surface area contributed by atoms with Crippen molar-refractivity contribution in [3.8, 4) is 5.75 Å². The van der Waals surface area contributed by atoms with Crippen LogP contribution in [0.25, 0.3) is 11.1 Å². The SMILES string of the molecule is C=Cc1cnc(C)c(/C(Cl)=C\CC)c1.CC.CCCC(F)CCC(C)C.COc1ccc(C)cc1. The summed E-state index contributed by atoms with van der Waals surface area (Å²) in [5.74, 6) is 1.57. The zero-order chi connectivity index (χ0) is 27.2. The van der Waals surface area contributed by atoms with Gasteiger partial charge in [0.05, 0.1) is 7.11 Å². The molecule has 1 heterocycles. The Morgan fingerprint density at radius 3 is 2.14 bits per heavy atom. The lowest BCUT2D eigenvalue weighted by Gasteiger charge is -2.07. The number of pyridine rings is 1. The Bertz CT molecular complexity index is 815. The third kappa shape index (κ3) is 17.9. The molecule has 35 heavy (non-hydrogen) atoms. The van der Waals surface area contributed by atoms with E-state index in [2.05, 4.69) is 39.3 Å². The molecule has 4 heteroatoms. The van der Waals surface area contributed by atoms with Crippen LogP contribution in [0.2, 0.25) is 0 Å². The van der Waals surface area contributed by atoms with E-state index in [1.807, 2.05) is 64.1 Å². The average molecular weight is 506 g/mol. The van der Waals surface area contributed by atoms with Crippen molar-refractivity contribution in [2.45, 2.75) is 93.7 Å². The number of hydrogen-bond donors (Lipinski definition) is 0. The lowest BCUT2D eigenvalue weighted by molar-refractivity contribution is 0.276. The molecule has 0 bridgehead atoms. The van der Waals surface area contributed by atoms with Crippen molar-refractivity contribution in [1.29, 1.82) is 0 Å². The van der Waals surface area contributed by atoms with E-state index in [4.69, 9.17) is 16.3 Å². The predicted octanol–water partition coefficient (Wildman–Crippen LogP) is 10.6. The van der Waals surface area contributed by atoms with E-state index < -0.39 is 6.17 Å². The number of benzene rings is 1. The lowest BCUT2D eigenvalue weighted by atomic mass is 10.0. The molecule has 1 unspecified atom stereocenters. The molecule has 0 saturated heterocycles. The molecular weight excluding hydrogens is 457 g/mol. The molecule has 1 atom stereocenters. The summed E-state index contributed by atoms with van der Waals surface area (Å²) in [6.07, 6.45) is 9.43. The summed E-state index contributed by atoms with van der Waals surface area (Å²) in [4.78, 5) is 4.26. The van der Waals surface area contributed by atoms with Gasteiger partial charge in [0, 0.05) is 22.5 Å². The van der Waals surface area contributed by atoms with Crippen LogP contribution in [0.1, 0.15) is 96.0 Å². The highest BCUT2D eigenvalue weighted by Crippen LogP contribution is 2.23. The maximum absolute atomic E-state index is 12.8. The molecule has 0 spiro atoms. The van der Waals surface area contributed by atoms with E-state index in [9.17, 15) is 4.39 Å². The summed E-state index contributed by atoms with van der Waals surface area (Å²) in [6, 6.07) is 9.96. The smallest absolute Gasteiger partial charge is 0.118 e. The number of aryl methyl sites for hydroxylation is 2. The summed E-state index contributed by atoms with van der Waals surface area (Å²) in [6.45, 7) is 20.1. The van der Waals surface area contributed by atoms with Gasteiger partial charge in [-0.1, -0.05) is 96.0 Å². The van der Waals surface area contributed by atoms with Crippen molar-refractivity contribution in [3.63, 3.8) is 0 Å². The Hall–Kier alpha value is -2.13. The largest absolute Gasteiger partial charge is 0.497 e. The highest BCUT2D eigenvalue weighted by molar-refractivity contribution is 6.48. The van der Waals surface area contributed by atoms with E-state index in [0.717, 1.165) is 59.7 Å². The van der Waals surface area contributed by atoms with Crippen molar-refractivity contribution in [2.24, 2.45) is 5.92 Å². The molecule has 0 aliphatic heterocycles.